The summed E-state index contributed by atoms with van der Waals surface area (Å²) >= 11 is 6.47. The molecule has 3 aromatic rings. The van der Waals surface area contributed by atoms with Crippen molar-refractivity contribution in [2.45, 2.75) is 13.0 Å². The highest BCUT2D eigenvalue weighted by atomic mass is 35.5. The molecule has 0 fully saturated rings. The monoisotopic (exact) mass is 434 g/mol. The normalized spacial score (nSPS) is 13.6. The van der Waals surface area contributed by atoms with Crippen LogP contribution in [0.5, 0.6) is 5.75 Å². The standard InChI is InChI=1S/C25H27ClN4O/c1-29(16-20-7-5-9-22(13-20)31-2)17-21-18-30(25-11-4-3-10-23(25)26)28-24(21)14-19-8-6-12-27-15-19/h3-13,15,28H,14,16-18H2,1-2H3. The molecule has 0 saturated heterocycles. The second-order valence-corrected chi connectivity index (χ2v) is 8.20. The topological polar surface area (TPSA) is 40.6 Å². The highest BCUT2D eigenvalue weighted by Crippen LogP contribution is 2.29. The number of rotatable bonds is 8. The smallest absolute Gasteiger partial charge is 0.119 e. The minimum absolute atomic E-state index is 0.738. The average molecular weight is 435 g/mol. The van der Waals surface area contributed by atoms with Crippen LogP contribution >= 0.6 is 11.6 Å². The Morgan fingerprint density at radius 3 is 2.68 bits per heavy atom. The Balaban J connectivity index is 1.52. The minimum atomic E-state index is 0.738. The highest BCUT2D eigenvalue weighted by molar-refractivity contribution is 6.33. The third kappa shape index (κ3) is 5.37. The Morgan fingerprint density at radius 1 is 1.06 bits per heavy atom. The maximum absolute atomic E-state index is 6.47. The molecule has 1 aliphatic heterocycles. The number of nitrogens with one attached hydrogen (secondary N) is 1. The SMILES string of the molecule is COc1cccc(CN(C)CC2=C(Cc3cccnc3)NN(c3ccccc3Cl)C2)c1. The van der Waals surface area contributed by atoms with Gasteiger partial charge < -0.3 is 10.2 Å². The van der Waals surface area contributed by atoms with Crippen molar-refractivity contribution in [3.63, 3.8) is 0 Å². The number of allylic oxidation sites excluding steroid dienone is 1. The van der Waals surface area contributed by atoms with Gasteiger partial charge in [-0.05, 0) is 54.1 Å². The Labute approximate surface area is 188 Å². The summed E-state index contributed by atoms with van der Waals surface area (Å²) in [4.78, 5) is 6.59. The molecule has 0 aliphatic carbocycles. The van der Waals surface area contributed by atoms with Crippen LogP contribution in [0.15, 0.2) is 84.3 Å². The molecule has 4 rings (SSSR count). The predicted octanol–water partition coefficient (Wildman–Crippen LogP) is 4.70. The van der Waals surface area contributed by atoms with E-state index in [9.17, 15) is 0 Å². The molecular formula is C25H27ClN4O. The third-order valence-corrected chi connectivity index (χ3v) is 5.66. The lowest BCUT2D eigenvalue weighted by Crippen LogP contribution is -2.33. The van der Waals surface area contributed by atoms with Crippen molar-refractivity contribution < 1.29 is 4.74 Å². The Bertz CT molecular complexity index is 1050. The maximum atomic E-state index is 6.47. The average Bonchev–Trinajstić information content (AvgIpc) is 3.16. The van der Waals surface area contributed by atoms with Crippen LogP contribution in [-0.4, -0.2) is 37.1 Å². The number of anilines is 1. The van der Waals surface area contributed by atoms with Crippen LogP contribution in [0, 0.1) is 0 Å². The molecule has 160 valence electrons. The van der Waals surface area contributed by atoms with Crippen molar-refractivity contribution in [3.05, 3.63) is 100 Å². The molecule has 0 atom stereocenters. The van der Waals surface area contributed by atoms with Gasteiger partial charge in [-0.2, -0.15) is 0 Å². The summed E-state index contributed by atoms with van der Waals surface area (Å²) in [5.74, 6) is 0.884. The van der Waals surface area contributed by atoms with E-state index in [1.54, 1.807) is 13.3 Å². The summed E-state index contributed by atoms with van der Waals surface area (Å²) in [6.07, 6.45) is 4.53. The summed E-state index contributed by atoms with van der Waals surface area (Å²) in [6.45, 7) is 2.47. The van der Waals surface area contributed by atoms with Gasteiger partial charge in [0.25, 0.3) is 0 Å². The first kappa shape index (κ1) is 21.2. The second kappa shape index (κ2) is 9.86. The van der Waals surface area contributed by atoms with Gasteiger partial charge in [-0.15, -0.1) is 0 Å². The van der Waals surface area contributed by atoms with E-state index >= 15 is 0 Å². The van der Waals surface area contributed by atoms with E-state index in [0.717, 1.165) is 42.5 Å². The Hall–Kier alpha value is -3.02. The van der Waals surface area contributed by atoms with Gasteiger partial charge in [0, 0.05) is 37.6 Å². The fraction of sp³-hybridized carbons (Fsp3) is 0.240. The van der Waals surface area contributed by atoms with Crippen LogP contribution in [0.1, 0.15) is 11.1 Å². The van der Waals surface area contributed by atoms with Gasteiger partial charge in [0.1, 0.15) is 5.75 Å². The van der Waals surface area contributed by atoms with Gasteiger partial charge in [-0.3, -0.25) is 14.9 Å². The maximum Gasteiger partial charge on any atom is 0.119 e. The molecule has 0 radical (unpaired) electrons. The van der Waals surface area contributed by atoms with Crippen LogP contribution in [0.2, 0.25) is 5.02 Å². The van der Waals surface area contributed by atoms with Crippen LogP contribution < -0.4 is 15.2 Å². The van der Waals surface area contributed by atoms with Gasteiger partial charge in [-0.25, -0.2) is 0 Å². The fourth-order valence-electron chi connectivity index (χ4n) is 3.86. The van der Waals surface area contributed by atoms with E-state index in [1.165, 1.54) is 22.4 Å². The number of hydrazine groups is 1. The molecule has 1 N–H and O–H groups in total. The molecule has 0 spiro atoms. The molecule has 31 heavy (non-hydrogen) atoms. The second-order valence-electron chi connectivity index (χ2n) is 7.79. The molecule has 1 aliphatic rings. The van der Waals surface area contributed by atoms with Crippen molar-refractivity contribution in [3.8, 4) is 5.75 Å². The van der Waals surface area contributed by atoms with Crippen molar-refractivity contribution in [1.82, 2.24) is 15.3 Å². The molecular weight excluding hydrogens is 408 g/mol. The first-order valence-corrected chi connectivity index (χ1v) is 10.7. The van der Waals surface area contributed by atoms with Gasteiger partial charge in [-0.1, -0.05) is 41.9 Å². The molecule has 2 heterocycles. The van der Waals surface area contributed by atoms with Crippen LogP contribution in [0.25, 0.3) is 0 Å². The number of ether oxygens (including phenoxy) is 1. The highest BCUT2D eigenvalue weighted by Gasteiger charge is 2.24. The number of hydrogen-bond acceptors (Lipinski definition) is 5. The van der Waals surface area contributed by atoms with E-state index in [2.05, 4.69) is 45.6 Å². The molecule has 6 heteroatoms. The van der Waals surface area contributed by atoms with E-state index in [-0.39, 0.29) is 0 Å². The summed E-state index contributed by atoms with van der Waals surface area (Å²) in [5, 5.41) is 2.87. The van der Waals surface area contributed by atoms with Crippen LogP contribution in [-0.2, 0) is 13.0 Å². The van der Waals surface area contributed by atoms with Gasteiger partial charge >= 0.3 is 0 Å². The van der Waals surface area contributed by atoms with Crippen molar-refractivity contribution in [2.24, 2.45) is 0 Å². The molecule has 0 unspecified atom stereocenters. The van der Waals surface area contributed by atoms with Gasteiger partial charge in [0.15, 0.2) is 0 Å². The lowest BCUT2D eigenvalue weighted by molar-refractivity contribution is 0.352. The zero-order valence-electron chi connectivity index (χ0n) is 17.9. The number of nitrogens with zero attached hydrogens (tertiary/aromatic N) is 3. The molecule has 0 saturated carbocycles. The lowest BCUT2D eigenvalue weighted by atomic mass is 10.1. The quantitative estimate of drug-likeness (QED) is 0.556. The molecule has 2 aromatic carbocycles. The zero-order valence-corrected chi connectivity index (χ0v) is 18.6. The van der Waals surface area contributed by atoms with Crippen LogP contribution in [0.3, 0.4) is 0 Å². The largest absolute Gasteiger partial charge is 0.497 e. The van der Waals surface area contributed by atoms with Crippen molar-refractivity contribution in [1.29, 1.82) is 0 Å². The van der Waals surface area contributed by atoms with E-state index in [1.807, 2.05) is 48.7 Å². The number of para-hydroxylation sites is 1. The molecule has 0 bridgehead atoms. The number of pyridine rings is 1. The number of methoxy groups -OCH3 is 1. The number of halogens is 1. The van der Waals surface area contributed by atoms with E-state index in [0.29, 0.717) is 0 Å². The summed E-state index contributed by atoms with van der Waals surface area (Å²) in [7, 11) is 3.85. The Kier molecular flexibility index (Phi) is 6.75. The first-order chi connectivity index (χ1) is 15.1. The number of likely N-dealkylation sites (N-methyl/N-ethyl adjacent to an activating group) is 1. The zero-order chi connectivity index (χ0) is 21.6. The first-order valence-electron chi connectivity index (χ1n) is 10.3. The third-order valence-electron chi connectivity index (χ3n) is 5.34. The van der Waals surface area contributed by atoms with Gasteiger partial charge in [0.05, 0.1) is 24.4 Å². The fourth-order valence-corrected chi connectivity index (χ4v) is 4.10. The molecule has 1 aromatic heterocycles. The predicted molar refractivity (Wildman–Crippen MR) is 126 cm³/mol. The summed E-state index contributed by atoms with van der Waals surface area (Å²) in [6, 6.07) is 20.2. The summed E-state index contributed by atoms with van der Waals surface area (Å²) in [5.41, 5.74) is 9.52. The number of hydrogen-bond donors (Lipinski definition) is 1. The lowest BCUT2D eigenvalue weighted by Gasteiger charge is -2.22. The summed E-state index contributed by atoms with van der Waals surface area (Å²) < 4.78 is 5.36. The van der Waals surface area contributed by atoms with Crippen LogP contribution in [0.4, 0.5) is 5.69 Å². The van der Waals surface area contributed by atoms with Gasteiger partial charge in [0.2, 0.25) is 0 Å². The van der Waals surface area contributed by atoms with E-state index in [4.69, 9.17) is 16.3 Å². The van der Waals surface area contributed by atoms with Crippen molar-refractivity contribution in [2.75, 3.05) is 32.3 Å². The van der Waals surface area contributed by atoms with Crippen molar-refractivity contribution >= 4 is 17.3 Å². The number of benzene rings is 2. The minimum Gasteiger partial charge on any atom is -0.497 e. The van der Waals surface area contributed by atoms with E-state index < -0.39 is 0 Å². The number of aromatic nitrogens is 1. The molecule has 0 amide bonds. The molecule has 5 nitrogen and oxygen atoms in total. The Morgan fingerprint density at radius 2 is 1.90 bits per heavy atom.